The zero-order valence-corrected chi connectivity index (χ0v) is 13.3. The van der Waals surface area contributed by atoms with Crippen LogP contribution in [0.3, 0.4) is 0 Å². The molecule has 1 rings (SSSR count). The number of carbonyl (C=O) groups is 2. The van der Waals surface area contributed by atoms with Gasteiger partial charge in [-0.15, -0.1) is 0 Å². The Labute approximate surface area is 126 Å². The van der Waals surface area contributed by atoms with Crippen LogP contribution in [0.1, 0.15) is 39.2 Å². The second kappa shape index (κ2) is 7.81. The van der Waals surface area contributed by atoms with Crippen LogP contribution in [0.2, 0.25) is 0 Å². The molecule has 116 valence electrons. The molecule has 0 saturated carbocycles. The molecule has 0 aliphatic carbocycles. The third kappa shape index (κ3) is 7.49. The van der Waals surface area contributed by atoms with Crippen molar-refractivity contribution < 1.29 is 14.3 Å². The first-order valence-electron chi connectivity index (χ1n) is 7.20. The molecule has 1 amide bonds. The molecule has 0 spiro atoms. The van der Waals surface area contributed by atoms with Crippen LogP contribution < -0.4 is 5.32 Å². The van der Waals surface area contributed by atoms with Gasteiger partial charge in [0.05, 0.1) is 13.5 Å². The Kier molecular flexibility index (Phi) is 6.40. The number of nitrogens with one attached hydrogen (secondary N) is 1. The summed E-state index contributed by atoms with van der Waals surface area (Å²) in [5.41, 5.74) is 1.01. The highest BCUT2D eigenvalue weighted by atomic mass is 16.5. The Morgan fingerprint density at radius 1 is 1.19 bits per heavy atom. The van der Waals surface area contributed by atoms with Crippen molar-refractivity contribution >= 4 is 11.9 Å². The minimum atomic E-state index is -0.313. The molecule has 0 aliphatic rings. The predicted octanol–water partition coefficient (Wildman–Crippen LogP) is 2.71. The molecule has 0 saturated heterocycles. The summed E-state index contributed by atoms with van der Waals surface area (Å²) in [6, 6.07) is 9.56. The lowest BCUT2D eigenvalue weighted by atomic mass is 9.91. The largest absolute Gasteiger partial charge is 0.469 e. The maximum atomic E-state index is 12.1. The Morgan fingerprint density at radius 2 is 1.81 bits per heavy atom. The van der Waals surface area contributed by atoms with E-state index in [0.29, 0.717) is 12.8 Å². The van der Waals surface area contributed by atoms with E-state index in [1.165, 1.54) is 7.11 Å². The van der Waals surface area contributed by atoms with Gasteiger partial charge in [0, 0.05) is 12.5 Å². The first kappa shape index (κ1) is 17.2. The van der Waals surface area contributed by atoms with Gasteiger partial charge < -0.3 is 10.1 Å². The number of rotatable bonds is 6. The number of hydrogen-bond donors (Lipinski definition) is 1. The van der Waals surface area contributed by atoms with Crippen LogP contribution in [0.25, 0.3) is 0 Å². The van der Waals surface area contributed by atoms with Gasteiger partial charge in [0.1, 0.15) is 0 Å². The molecule has 0 heterocycles. The topological polar surface area (TPSA) is 55.4 Å². The molecule has 4 heteroatoms. The highest BCUT2D eigenvalue weighted by Gasteiger charge is 2.21. The molecule has 0 bridgehead atoms. The average Bonchev–Trinajstić information content (AvgIpc) is 2.37. The fourth-order valence-electron chi connectivity index (χ4n) is 2.12. The van der Waals surface area contributed by atoms with E-state index in [9.17, 15) is 9.59 Å². The van der Waals surface area contributed by atoms with E-state index in [-0.39, 0.29) is 29.8 Å². The van der Waals surface area contributed by atoms with Gasteiger partial charge >= 0.3 is 5.97 Å². The molecule has 1 N–H and O–H groups in total. The number of ether oxygens (including phenoxy) is 1. The lowest BCUT2D eigenvalue weighted by Gasteiger charge is -2.22. The van der Waals surface area contributed by atoms with Crippen molar-refractivity contribution in [3.05, 3.63) is 35.9 Å². The van der Waals surface area contributed by atoms with Crippen LogP contribution in [-0.4, -0.2) is 25.0 Å². The monoisotopic (exact) mass is 291 g/mol. The van der Waals surface area contributed by atoms with Crippen molar-refractivity contribution in [2.24, 2.45) is 5.41 Å². The molecular formula is C17H25NO3. The van der Waals surface area contributed by atoms with E-state index in [1.54, 1.807) is 0 Å². The third-order valence-electron chi connectivity index (χ3n) is 3.02. The standard InChI is InChI=1S/C17H25NO3/c1-17(2,3)12-15(19)18-14(11-16(20)21-4)10-13-8-6-5-7-9-13/h5-9,14H,10-12H2,1-4H3,(H,18,19). The van der Waals surface area contributed by atoms with Crippen LogP contribution >= 0.6 is 0 Å². The maximum Gasteiger partial charge on any atom is 0.307 e. The van der Waals surface area contributed by atoms with Crippen molar-refractivity contribution in [3.8, 4) is 0 Å². The van der Waals surface area contributed by atoms with Gasteiger partial charge in [-0.3, -0.25) is 9.59 Å². The second-order valence-corrected chi connectivity index (χ2v) is 6.47. The Morgan fingerprint density at radius 3 is 2.33 bits per heavy atom. The van der Waals surface area contributed by atoms with E-state index in [1.807, 2.05) is 51.1 Å². The summed E-state index contributed by atoms with van der Waals surface area (Å²) < 4.78 is 4.71. The van der Waals surface area contributed by atoms with Gasteiger partial charge in [-0.1, -0.05) is 51.1 Å². The molecule has 1 aromatic rings. The number of amides is 1. The van der Waals surface area contributed by atoms with Crippen molar-refractivity contribution in [1.29, 1.82) is 0 Å². The fraction of sp³-hybridized carbons (Fsp3) is 0.529. The second-order valence-electron chi connectivity index (χ2n) is 6.47. The smallest absolute Gasteiger partial charge is 0.307 e. The lowest BCUT2D eigenvalue weighted by molar-refractivity contribution is -0.141. The van der Waals surface area contributed by atoms with E-state index in [2.05, 4.69) is 5.32 Å². The summed E-state index contributed by atoms with van der Waals surface area (Å²) in [6.07, 6.45) is 1.23. The minimum Gasteiger partial charge on any atom is -0.469 e. The van der Waals surface area contributed by atoms with E-state index < -0.39 is 0 Å². The van der Waals surface area contributed by atoms with Gasteiger partial charge in [-0.2, -0.15) is 0 Å². The zero-order valence-electron chi connectivity index (χ0n) is 13.3. The third-order valence-corrected chi connectivity index (χ3v) is 3.02. The van der Waals surface area contributed by atoms with Gasteiger partial charge in [-0.05, 0) is 17.4 Å². The zero-order chi connectivity index (χ0) is 15.9. The van der Waals surface area contributed by atoms with Crippen molar-refractivity contribution in [3.63, 3.8) is 0 Å². The molecule has 0 fully saturated rings. The van der Waals surface area contributed by atoms with Gasteiger partial charge in [0.25, 0.3) is 0 Å². The molecule has 1 unspecified atom stereocenters. The van der Waals surface area contributed by atoms with Gasteiger partial charge in [0.15, 0.2) is 0 Å². The first-order chi connectivity index (χ1) is 9.80. The number of carbonyl (C=O) groups excluding carboxylic acids is 2. The Balaban J connectivity index is 2.68. The number of esters is 1. The summed E-state index contributed by atoms with van der Waals surface area (Å²) >= 11 is 0. The number of methoxy groups -OCH3 is 1. The predicted molar refractivity (Wildman–Crippen MR) is 82.8 cm³/mol. The summed E-state index contributed by atoms with van der Waals surface area (Å²) in [5.74, 6) is -0.348. The summed E-state index contributed by atoms with van der Waals surface area (Å²) in [7, 11) is 1.36. The normalized spacial score (nSPS) is 12.6. The molecule has 0 radical (unpaired) electrons. The number of benzene rings is 1. The van der Waals surface area contributed by atoms with Crippen molar-refractivity contribution in [1.82, 2.24) is 5.32 Å². The van der Waals surface area contributed by atoms with Crippen molar-refractivity contribution in [2.75, 3.05) is 7.11 Å². The minimum absolute atomic E-state index is 0.0349. The van der Waals surface area contributed by atoms with Gasteiger partial charge in [-0.25, -0.2) is 0 Å². The quantitative estimate of drug-likeness (QED) is 0.820. The van der Waals surface area contributed by atoms with Crippen LogP contribution in [0.4, 0.5) is 0 Å². The molecular weight excluding hydrogens is 266 g/mol. The van der Waals surface area contributed by atoms with Gasteiger partial charge in [0.2, 0.25) is 5.91 Å². The maximum absolute atomic E-state index is 12.1. The molecule has 0 aliphatic heterocycles. The molecule has 0 aromatic heterocycles. The molecule has 1 atom stereocenters. The highest BCUT2D eigenvalue weighted by molar-refractivity contribution is 5.78. The van der Waals surface area contributed by atoms with E-state index in [4.69, 9.17) is 4.74 Å². The molecule has 21 heavy (non-hydrogen) atoms. The SMILES string of the molecule is COC(=O)CC(Cc1ccccc1)NC(=O)CC(C)(C)C. The lowest BCUT2D eigenvalue weighted by Crippen LogP contribution is -2.39. The highest BCUT2D eigenvalue weighted by Crippen LogP contribution is 2.18. The molecule has 1 aromatic carbocycles. The van der Waals surface area contributed by atoms with Crippen LogP contribution in [-0.2, 0) is 20.7 Å². The Hall–Kier alpha value is -1.84. The average molecular weight is 291 g/mol. The summed E-state index contributed by atoms with van der Waals surface area (Å²) in [5, 5.41) is 2.95. The molecule has 4 nitrogen and oxygen atoms in total. The van der Waals surface area contributed by atoms with Crippen LogP contribution in [0.5, 0.6) is 0 Å². The van der Waals surface area contributed by atoms with Crippen LogP contribution in [0, 0.1) is 5.41 Å². The number of hydrogen-bond acceptors (Lipinski definition) is 3. The first-order valence-corrected chi connectivity index (χ1v) is 7.20. The summed E-state index contributed by atoms with van der Waals surface area (Å²) in [6.45, 7) is 6.04. The summed E-state index contributed by atoms with van der Waals surface area (Å²) in [4.78, 5) is 23.6. The van der Waals surface area contributed by atoms with E-state index in [0.717, 1.165) is 5.56 Å². The fourth-order valence-corrected chi connectivity index (χ4v) is 2.12. The van der Waals surface area contributed by atoms with E-state index >= 15 is 0 Å². The van der Waals surface area contributed by atoms with Crippen LogP contribution in [0.15, 0.2) is 30.3 Å². The van der Waals surface area contributed by atoms with Crippen molar-refractivity contribution in [2.45, 2.75) is 46.1 Å². The Bertz CT molecular complexity index is 463.